The third kappa shape index (κ3) is 2.03. The van der Waals surface area contributed by atoms with Crippen LogP contribution in [0.25, 0.3) is 16.9 Å². The molecule has 0 fully saturated rings. The average Bonchev–Trinajstić information content (AvgIpc) is 2.91. The smallest absolute Gasteiger partial charge is 0.132 e. The fraction of sp³-hybridized carbons (Fsp3) is 0.0667. The predicted molar refractivity (Wildman–Crippen MR) is 75.9 cm³/mol. The number of pyridine rings is 1. The van der Waals surface area contributed by atoms with Crippen molar-refractivity contribution in [3.63, 3.8) is 0 Å². The fourth-order valence-electron chi connectivity index (χ4n) is 2.11. The van der Waals surface area contributed by atoms with Crippen molar-refractivity contribution in [1.29, 1.82) is 0 Å². The summed E-state index contributed by atoms with van der Waals surface area (Å²) in [6.45, 7) is 1.73. The highest BCUT2D eigenvalue weighted by Crippen LogP contribution is 2.26. The minimum atomic E-state index is -0.226. The minimum Gasteiger partial charge on any atom is -0.383 e. The van der Waals surface area contributed by atoms with Crippen molar-refractivity contribution >= 4 is 5.82 Å². The SMILES string of the molecule is Cc1cc(-n2cncc2-c2cccnc2N)ccc1F. The summed E-state index contributed by atoms with van der Waals surface area (Å²) < 4.78 is 15.2. The molecule has 3 rings (SSSR count). The van der Waals surface area contributed by atoms with E-state index in [0.717, 1.165) is 16.9 Å². The van der Waals surface area contributed by atoms with Gasteiger partial charge in [-0.3, -0.25) is 4.57 Å². The number of anilines is 1. The van der Waals surface area contributed by atoms with Crippen LogP contribution < -0.4 is 5.73 Å². The molecule has 2 heterocycles. The standard InChI is InChI=1S/C15H13FN4/c1-10-7-11(4-5-13(10)16)20-9-18-8-14(20)12-3-2-6-19-15(12)17/h2-9H,1H3,(H2,17,19). The maximum Gasteiger partial charge on any atom is 0.132 e. The van der Waals surface area contributed by atoms with Gasteiger partial charge < -0.3 is 5.73 Å². The number of nitrogens with zero attached hydrogens (tertiary/aromatic N) is 3. The maximum atomic E-state index is 13.4. The molecule has 2 N–H and O–H groups in total. The molecule has 0 aliphatic carbocycles. The second-order valence-electron chi connectivity index (χ2n) is 4.52. The van der Waals surface area contributed by atoms with Gasteiger partial charge in [0.25, 0.3) is 0 Å². The number of rotatable bonds is 2. The molecular weight excluding hydrogens is 255 g/mol. The molecule has 0 saturated carbocycles. The van der Waals surface area contributed by atoms with Gasteiger partial charge in [0.05, 0.1) is 18.2 Å². The maximum absolute atomic E-state index is 13.4. The topological polar surface area (TPSA) is 56.7 Å². The van der Waals surface area contributed by atoms with Crippen LogP contribution in [0.15, 0.2) is 49.1 Å². The summed E-state index contributed by atoms with van der Waals surface area (Å²) in [7, 11) is 0. The van der Waals surface area contributed by atoms with Crippen LogP contribution in [0.1, 0.15) is 5.56 Å². The number of hydrogen-bond donors (Lipinski definition) is 1. The summed E-state index contributed by atoms with van der Waals surface area (Å²) >= 11 is 0. The lowest BCUT2D eigenvalue weighted by Gasteiger charge is -2.10. The molecule has 100 valence electrons. The molecule has 0 bridgehead atoms. The first-order valence-electron chi connectivity index (χ1n) is 6.16. The van der Waals surface area contributed by atoms with E-state index < -0.39 is 0 Å². The molecule has 1 aromatic carbocycles. The van der Waals surface area contributed by atoms with Crippen LogP contribution in [0.2, 0.25) is 0 Å². The first-order valence-corrected chi connectivity index (χ1v) is 6.16. The summed E-state index contributed by atoms with van der Waals surface area (Å²) in [5.74, 6) is 0.212. The van der Waals surface area contributed by atoms with Crippen molar-refractivity contribution in [1.82, 2.24) is 14.5 Å². The van der Waals surface area contributed by atoms with E-state index in [1.54, 1.807) is 37.8 Å². The van der Waals surface area contributed by atoms with Gasteiger partial charge in [0.2, 0.25) is 0 Å². The highest BCUT2D eigenvalue weighted by atomic mass is 19.1. The lowest BCUT2D eigenvalue weighted by atomic mass is 10.1. The third-order valence-electron chi connectivity index (χ3n) is 3.17. The Bertz CT molecular complexity index is 764. The predicted octanol–water partition coefficient (Wildman–Crippen LogP) is 2.96. The number of hydrogen-bond acceptors (Lipinski definition) is 3. The lowest BCUT2D eigenvalue weighted by Crippen LogP contribution is -2.00. The summed E-state index contributed by atoms with van der Waals surface area (Å²) in [6.07, 6.45) is 5.03. The Morgan fingerprint density at radius 1 is 1.25 bits per heavy atom. The first-order chi connectivity index (χ1) is 9.66. The van der Waals surface area contributed by atoms with Crippen LogP contribution >= 0.6 is 0 Å². The van der Waals surface area contributed by atoms with Gasteiger partial charge in [-0.15, -0.1) is 0 Å². The number of imidazole rings is 1. The van der Waals surface area contributed by atoms with Gasteiger partial charge >= 0.3 is 0 Å². The quantitative estimate of drug-likeness (QED) is 0.777. The van der Waals surface area contributed by atoms with E-state index in [1.165, 1.54) is 6.07 Å². The molecule has 2 aromatic heterocycles. The molecule has 0 aliphatic heterocycles. The van der Waals surface area contributed by atoms with Gasteiger partial charge in [0.1, 0.15) is 11.6 Å². The Kier molecular flexibility index (Phi) is 2.95. The van der Waals surface area contributed by atoms with Gasteiger partial charge in [-0.25, -0.2) is 14.4 Å². The van der Waals surface area contributed by atoms with E-state index in [9.17, 15) is 4.39 Å². The number of aryl methyl sites for hydroxylation is 1. The molecule has 0 saturated heterocycles. The Balaban J connectivity index is 2.15. The number of nitrogen functional groups attached to an aromatic ring is 1. The van der Waals surface area contributed by atoms with E-state index in [0.29, 0.717) is 11.4 Å². The molecule has 4 nitrogen and oxygen atoms in total. The lowest BCUT2D eigenvalue weighted by molar-refractivity contribution is 0.618. The van der Waals surface area contributed by atoms with Crippen molar-refractivity contribution in [3.05, 3.63) is 60.4 Å². The number of halogens is 1. The summed E-state index contributed by atoms with van der Waals surface area (Å²) in [6, 6.07) is 8.62. The second kappa shape index (κ2) is 4.77. The van der Waals surface area contributed by atoms with Crippen LogP contribution in [0, 0.1) is 12.7 Å². The van der Waals surface area contributed by atoms with E-state index >= 15 is 0 Å². The van der Waals surface area contributed by atoms with Crippen molar-refractivity contribution in [2.24, 2.45) is 0 Å². The zero-order chi connectivity index (χ0) is 14.1. The molecule has 0 amide bonds. The molecule has 0 radical (unpaired) electrons. The highest BCUT2D eigenvalue weighted by Gasteiger charge is 2.11. The Hall–Kier alpha value is -2.69. The summed E-state index contributed by atoms with van der Waals surface area (Å²) in [5, 5.41) is 0. The van der Waals surface area contributed by atoms with Gasteiger partial charge in [-0.1, -0.05) is 0 Å². The fourth-order valence-corrected chi connectivity index (χ4v) is 2.11. The molecular formula is C15H13FN4. The van der Waals surface area contributed by atoms with Crippen LogP contribution in [0.4, 0.5) is 10.2 Å². The van der Waals surface area contributed by atoms with Crippen LogP contribution in [-0.2, 0) is 0 Å². The summed E-state index contributed by atoms with van der Waals surface area (Å²) in [5.41, 5.74) is 8.94. The Labute approximate surface area is 115 Å². The number of aromatic nitrogens is 3. The normalized spacial score (nSPS) is 10.7. The molecule has 0 aliphatic rings. The Morgan fingerprint density at radius 2 is 2.10 bits per heavy atom. The number of nitrogens with two attached hydrogens (primary N) is 1. The number of benzene rings is 1. The van der Waals surface area contributed by atoms with Gasteiger partial charge in [-0.2, -0.15) is 0 Å². The van der Waals surface area contributed by atoms with Crippen molar-refractivity contribution in [2.75, 3.05) is 5.73 Å². The van der Waals surface area contributed by atoms with Crippen LogP contribution in [-0.4, -0.2) is 14.5 Å². The van der Waals surface area contributed by atoms with E-state index in [1.807, 2.05) is 16.7 Å². The van der Waals surface area contributed by atoms with Gasteiger partial charge in [-0.05, 0) is 42.8 Å². The molecule has 0 unspecified atom stereocenters. The summed E-state index contributed by atoms with van der Waals surface area (Å²) in [4.78, 5) is 8.23. The van der Waals surface area contributed by atoms with E-state index in [4.69, 9.17) is 5.73 Å². The minimum absolute atomic E-state index is 0.226. The average molecular weight is 268 g/mol. The van der Waals surface area contributed by atoms with Gasteiger partial charge in [0, 0.05) is 17.4 Å². The molecule has 3 aromatic rings. The van der Waals surface area contributed by atoms with Crippen molar-refractivity contribution in [3.8, 4) is 16.9 Å². The molecule has 0 atom stereocenters. The zero-order valence-electron chi connectivity index (χ0n) is 10.9. The first kappa shape index (κ1) is 12.3. The van der Waals surface area contributed by atoms with Crippen LogP contribution in [0.3, 0.4) is 0 Å². The van der Waals surface area contributed by atoms with Crippen molar-refractivity contribution in [2.45, 2.75) is 6.92 Å². The highest BCUT2D eigenvalue weighted by molar-refractivity contribution is 5.72. The molecule has 20 heavy (non-hydrogen) atoms. The third-order valence-corrected chi connectivity index (χ3v) is 3.17. The van der Waals surface area contributed by atoms with Gasteiger partial charge in [0.15, 0.2) is 0 Å². The van der Waals surface area contributed by atoms with Crippen LogP contribution in [0.5, 0.6) is 0 Å². The molecule has 0 spiro atoms. The monoisotopic (exact) mass is 268 g/mol. The molecule has 5 heteroatoms. The second-order valence-corrected chi connectivity index (χ2v) is 4.52. The Morgan fingerprint density at radius 3 is 2.85 bits per heavy atom. The van der Waals surface area contributed by atoms with E-state index in [-0.39, 0.29) is 5.82 Å². The largest absolute Gasteiger partial charge is 0.383 e. The zero-order valence-corrected chi connectivity index (χ0v) is 10.9. The van der Waals surface area contributed by atoms with Crippen molar-refractivity contribution < 1.29 is 4.39 Å². The van der Waals surface area contributed by atoms with E-state index in [2.05, 4.69) is 9.97 Å².